The first-order valence-corrected chi connectivity index (χ1v) is 8.01. The van der Waals surface area contributed by atoms with Gasteiger partial charge in [-0.1, -0.05) is 36.0 Å². The van der Waals surface area contributed by atoms with E-state index in [0.717, 1.165) is 18.7 Å². The summed E-state index contributed by atoms with van der Waals surface area (Å²) in [7, 11) is 0. The number of anilines is 2. The highest BCUT2D eigenvalue weighted by Gasteiger charge is 2.20. The van der Waals surface area contributed by atoms with Gasteiger partial charge in [0.2, 0.25) is 0 Å². The molecule has 0 amide bonds. The SMILES string of the molecule is CSc1nc(N)cc(NC2CCCc3ccccc32)n1. The number of hydrogen-bond acceptors (Lipinski definition) is 5. The van der Waals surface area contributed by atoms with E-state index in [1.54, 1.807) is 6.07 Å². The van der Waals surface area contributed by atoms with Gasteiger partial charge in [-0.25, -0.2) is 9.97 Å². The number of nitrogens with two attached hydrogens (primary N) is 1. The summed E-state index contributed by atoms with van der Waals surface area (Å²) in [5, 5.41) is 4.21. The molecule has 4 nitrogen and oxygen atoms in total. The van der Waals surface area contributed by atoms with Crippen LogP contribution in [0.2, 0.25) is 0 Å². The van der Waals surface area contributed by atoms with Crippen molar-refractivity contribution < 1.29 is 0 Å². The highest BCUT2D eigenvalue weighted by Crippen LogP contribution is 2.32. The standard InChI is InChI=1S/C15H18N4S/c1-20-15-18-13(16)9-14(19-15)17-12-8-4-6-10-5-2-3-7-11(10)12/h2-3,5,7,9,12H,4,6,8H2,1H3,(H3,16,17,18,19). The summed E-state index contributed by atoms with van der Waals surface area (Å²) in [6.45, 7) is 0. The summed E-state index contributed by atoms with van der Waals surface area (Å²) in [6, 6.07) is 10.7. The summed E-state index contributed by atoms with van der Waals surface area (Å²) in [5.41, 5.74) is 8.64. The number of benzene rings is 1. The minimum absolute atomic E-state index is 0.309. The molecule has 0 bridgehead atoms. The average molecular weight is 286 g/mol. The van der Waals surface area contributed by atoms with Gasteiger partial charge in [-0.3, -0.25) is 0 Å². The topological polar surface area (TPSA) is 63.8 Å². The molecule has 0 aliphatic heterocycles. The van der Waals surface area contributed by atoms with Crippen molar-refractivity contribution in [3.8, 4) is 0 Å². The van der Waals surface area contributed by atoms with Crippen molar-refractivity contribution in [1.82, 2.24) is 9.97 Å². The fourth-order valence-electron chi connectivity index (χ4n) is 2.69. The van der Waals surface area contributed by atoms with Crippen LogP contribution >= 0.6 is 11.8 Å². The summed E-state index contributed by atoms with van der Waals surface area (Å²) in [5.74, 6) is 1.32. The number of aromatic nitrogens is 2. The molecular formula is C15H18N4S. The Balaban J connectivity index is 1.87. The third kappa shape index (κ3) is 2.72. The van der Waals surface area contributed by atoms with Crippen LogP contribution in [0.4, 0.5) is 11.6 Å². The van der Waals surface area contributed by atoms with Crippen LogP contribution < -0.4 is 11.1 Å². The van der Waals surface area contributed by atoms with Gasteiger partial charge in [-0.15, -0.1) is 0 Å². The fourth-order valence-corrected chi connectivity index (χ4v) is 3.08. The lowest BCUT2D eigenvalue weighted by Gasteiger charge is -2.26. The van der Waals surface area contributed by atoms with Crippen LogP contribution in [0.25, 0.3) is 0 Å². The Kier molecular flexibility index (Phi) is 3.78. The van der Waals surface area contributed by atoms with Crippen molar-refractivity contribution in [3.63, 3.8) is 0 Å². The van der Waals surface area contributed by atoms with E-state index in [-0.39, 0.29) is 0 Å². The molecule has 0 radical (unpaired) electrons. The number of fused-ring (bicyclic) bond motifs is 1. The number of nitrogens with zero attached hydrogens (tertiary/aromatic N) is 2. The largest absolute Gasteiger partial charge is 0.383 e. The molecule has 1 aromatic carbocycles. The van der Waals surface area contributed by atoms with E-state index in [0.29, 0.717) is 17.0 Å². The molecule has 3 N–H and O–H groups in total. The average Bonchev–Trinajstić information content (AvgIpc) is 2.47. The van der Waals surface area contributed by atoms with E-state index in [1.807, 2.05) is 6.26 Å². The molecule has 1 unspecified atom stereocenters. The highest BCUT2D eigenvalue weighted by atomic mass is 32.2. The van der Waals surface area contributed by atoms with Gasteiger partial charge in [0.25, 0.3) is 0 Å². The second kappa shape index (κ2) is 5.71. The van der Waals surface area contributed by atoms with Gasteiger partial charge in [0.05, 0.1) is 6.04 Å². The molecule has 5 heteroatoms. The fraction of sp³-hybridized carbons (Fsp3) is 0.333. The predicted molar refractivity (Wildman–Crippen MR) is 84.0 cm³/mol. The van der Waals surface area contributed by atoms with Crippen molar-refractivity contribution >= 4 is 23.4 Å². The van der Waals surface area contributed by atoms with Crippen LogP contribution in [0.15, 0.2) is 35.5 Å². The lowest BCUT2D eigenvalue weighted by atomic mass is 9.88. The maximum absolute atomic E-state index is 5.83. The van der Waals surface area contributed by atoms with Crippen LogP contribution in [-0.2, 0) is 6.42 Å². The van der Waals surface area contributed by atoms with E-state index in [1.165, 1.54) is 29.3 Å². The third-order valence-electron chi connectivity index (χ3n) is 3.60. The van der Waals surface area contributed by atoms with E-state index < -0.39 is 0 Å². The first kappa shape index (κ1) is 13.2. The number of nitrogens with one attached hydrogen (secondary N) is 1. The van der Waals surface area contributed by atoms with Crippen LogP contribution in [0.1, 0.15) is 30.0 Å². The zero-order valence-corrected chi connectivity index (χ0v) is 12.3. The monoisotopic (exact) mass is 286 g/mol. The first-order chi connectivity index (χ1) is 9.76. The second-order valence-electron chi connectivity index (χ2n) is 4.95. The van der Waals surface area contributed by atoms with Gasteiger partial charge in [0.15, 0.2) is 5.16 Å². The molecule has 0 spiro atoms. The van der Waals surface area contributed by atoms with Crippen molar-refractivity contribution in [1.29, 1.82) is 0 Å². The van der Waals surface area contributed by atoms with Crippen LogP contribution in [-0.4, -0.2) is 16.2 Å². The van der Waals surface area contributed by atoms with Crippen molar-refractivity contribution in [3.05, 3.63) is 41.5 Å². The molecular weight excluding hydrogens is 268 g/mol. The Hall–Kier alpha value is -1.75. The van der Waals surface area contributed by atoms with Crippen molar-refractivity contribution in [2.75, 3.05) is 17.3 Å². The van der Waals surface area contributed by atoms with E-state index in [9.17, 15) is 0 Å². The summed E-state index contributed by atoms with van der Waals surface area (Å²) >= 11 is 1.50. The minimum atomic E-state index is 0.309. The predicted octanol–water partition coefficient (Wildman–Crippen LogP) is 3.27. The zero-order valence-electron chi connectivity index (χ0n) is 11.5. The Morgan fingerprint density at radius 3 is 3.00 bits per heavy atom. The Bertz CT molecular complexity index is 615. The second-order valence-corrected chi connectivity index (χ2v) is 5.73. The maximum atomic E-state index is 5.83. The molecule has 1 atom stereocenters. The molecule has 1 heterocycles. The Labute approximate surface area is 123 Å². The van der Waals surface area contributed by atoms with Gasteiger partial charge >= 0.3 is 0 Å². The van der Waals surface area contributed by atoms with Crippen LogP contribution in [0, 0.1) is 0 Å². The summed E-state index contributed by atoms with van der Waals surface area (Å²) < 4.78 is 0. The molecule has 1 aromatic heterocycles. The highest BCUT2D eigenvalue weighted by molar-refractivity contribution is 7.98. The van der Waals surface area contributed by atoms with Gasteiger partial charge in [-0.2, -0.15) is 0 Å². The van der Waals surface area contributed by atoms with Gasteiger partial charge < -0.3 is 11.1 Å². The number of aryl methyl sites for hydroxylation is 1. The van der Waals surface area contributed by atoms with Gasteiger partial charge in [0.1, 0.15) is 11.6 Å². The Morgan fingerprint density at radius 1 is 1.30 bits per heavy atom. The van der Waals surface area contributed by atoms with Gasteiger partial charge in [0, 0.05) is 6.07 Å². The van der Waals surface area contributed by atoms with E-state index >= 15 is 0 Å². The summed E-state index contributed by atoms with van der Waals surface area (Å²) in [4.78, 5) is 8.66. The van der Waals surface area contributed by atoms with Gasteiger partial charge in [-0.05, 0) is 36.6 Å². The number of hydrogen-bond donors (Lipinski definition) is 2. The number of rotatable bonds is 3. The molecule has 0 fully saturated rings. The number of thioether (sulfide) groups is 1. The van der Waals surface area contributed by atoms with Crippen LogP contribution in [0.5, 0.6) is 0 Å². The normalized spacial score (nSPS) is 17.6. The smallest absolute Gasteiger partial charge is 0.191 e. The van der Waals surface area contributed by atoms with E-state index in [4.69, 9.17) is 5.73 Å². The molecule has 1 aliphatic carbocycles. The third-order valence-corrected chi connectivity index (χ3v) is 4.15. The molecule has 0 saturated heterocycles. The lowest BCUT2D eigenvalue weighted by molar-refractivity contribution is 0.598. The van der Waals surface area contributed by atoms with E-state index in [2.05, 4.69) is 39.6 Å². The van der Waals surface area contributed by atoms with Crippen molar-refractivity contribution in [2.24, 2.45) is 0 Å². The molecule has 3 rings (SSSR count). The maximum Gasteiger partial charge on any atom is 0.191 e. The first-order valence-electron chi connectivity index (χ1n) is 6.79. The van der Waals surface area contributed by atoms with Crippen LogP contribution in [0.3, 0.4) is 0 Å². The molecule has 104 valence electrons. The Morgan fingerprint density at radius 2 is 2.15 bits per heavy atom. The molecule has 1 aliphatic rings. The number of nitrogen functional groups attached to an aromatic ring is 1. The minimum Gasteiger partial charge on any atom is -0.383 e. The molecule has 2 aromatic rings. The lowest BCUT2D eigenvalue weighted by Crippen LogP contribution is -2.18. The summed E-state index contributed by atoms with van der Waals surface area (Å²) in [6.07, 6.45) is 5.44. The van der Waals surface area contributed by atoms with Crippen molar-refractivity contribution in [2.45, 2.75) is 30.5 Å². The molecule has 20 heavy (non-hydrogen) atoms. The quantitative estimate of drug-likeness (QED) is 0.669. The molecule has 0 saturated carbocycles. The zero-order chi connectivity index (χ0) is 13.9.